The lowest BCUT2D eigenvalue weighted by molar-refractivity contribution is 0.658. The van der Waals surface area contributed by atoms with Gasteiger partial charge in [-0.3, -0.25) is 0 Å². The van der Waals surface area contributed by atoms with E-state index in [1.165, 1.54) is 26.6 Å². The van der Waals surface area contributed by atoms with E-state index in [0.717, 1.165) is 12.1 Å². The van der Waals surface area contributed by atoms with E-state index in [-0.39, 0.29) is 0 Å². The van der Waals surface area contributed by atoms with Crippen LogP contribution < -0.4 is 5.32 Å². The normalized spacial score (nSPS) is 12.7. The van der Waals surface area contributed by atoms with Crippen molar-refractivity contribution in [3.05, 3.63) is 50.5 Å². The summed E-state index contributed by atoms with van der Waals surface area (Å²) in [5.74, 6) is 0. The van der Waals surface area contributed by atoms with Crippen molar-refractivity contribution in [1.29, 1.82) is 0 Å². The van der Waals surface area contributed by atoms with Crippen LogP contribution >= 0.6 is 11.3 Å². The Morgan fingerprint density at radius 1 is 1.16 bits per heavy atom. The molecule has 1 aromatic carbocycles. The Morgan fingerprint density at radius 3 is 2.37 bits per heavy atom. The number of thiazole rings is 1. The quantitative estimate of drug-likeness (QED) is 0.913. The molecule has 1 atom stereocenters. The molecule has 2 nitrogen and oxygen atoms in total. The van der Waals surface area contributed by atoms with E-state index in [1.54, 1.807) is 0 Å². The molecule has 0 radical (unpaired) electrons. The van der Waals surface area contributed by atoms with Crippen molar-refractivity contribution in [1.82, 2.24) is 10.3 Å². The van der Waals surface area contributed by atoms with Gasteiger partial charge in [0.15, 0.2) is 0 Å². The molecule has 2 rings (SSSR count). The second-order valence-electron chi connectivity index (χ2n) is 5.24. The summed E-state index contributed by atoms with van der Waals surface area (Å²) in [7, 11) is 1.99. The van der Waals surface area contributed by atoms with E-state index in [0.29, 0.717) is 6.04 Å². The minimum Gasteiger partial charge on any atom is -0.312 e. The van der Waals surface area contributed by atoms with Gasteiger partial charge in [-0.2, -0.15) is 0 Å². The molecule has 1 aromatic heterocycles. The van der Waals surface area contributed by atoms with Gasteiger partial charge in [-0.15, -0.1) is 11.3 Å². The SMILES string of the molecule is CNC(C)c1sc(Cc2cc(C)cc(C)c2)nc1C. The lowest BCUT2D eigenvalue weighted by Crippen LogP contribution is -2.11. The third kappa shape index (κ3) is 3.43. The zero-order valence-electron chi connectivity index (χ0n) is 12.4. The second-order valence-corrected chi connectivity index (χ2v) is 6.36. The molecule has 1 N–H and O–H groups in total. The summed E-state index contributed by atoms with van der Waals surface area (Å²) in [6.07, 6.45) is 0.935. The average molecular weight is 274 g/mol. The van der Waals surface area contributed by atoms with Gasteiger partial charge in [-0.1, -0.05) is 29.3 Å². The van der Waals surface area contributed by atoms with Crippen LogP contribution in [0.5, 0.6) is 0 Å². The summed E-state index contributed by atoms with van der Waals surface area (Å²) in [4.78, 5) is 6.06. The molecule has 1 unspecified atom stereocenters. The first kappa shape index (κ1) is 14.2. The van der Waals surface area contributed by atoms with Crippen molar-refractivity contribution in [3.8, 4) is 0 Å². The minimum atomic E-state index is 0.380. The molecule has 0 bridgehead atoms. The largest absolute Gasteiger partial charge is 0.312 e. The first-order valence-electron chi connectivity index (χ1n) is 6.70. The fraction of sp³-hybridized carbons (Fsp3) is 0.438. The third-order valence-corrected chi connectivity index (χ3v) is 4.68. The molecule has 0 aliphatic rings. The summed E-state index contributed by atoms with van der Waals surface area (Å²) >= 11 is 1.83. The number of benzene rings is 1. The Bertz CT molecular complexity index is 552. The number of aromatic nitrogens is 1. The first-order chi connectivity index (χ1) is 8.99. The van der Waals surface area contributed by atoms with Gasteiger partial charge in [-0.25, -0.2) is 4.98 Å². The first-order valence-corrected chi connectivity index (χ1v) is 7.52. The topological polar surface area (TPSA) is 24.9 Å². The molecule has 1 heterocycles. The number of nitrogens with one attached hydrogen (secondary N) is 1. The number of hydrogen-bond acceptors (Lipinski definition) is 3. The summed E-state index contributed by atoms with van der Waals surface area (Å²) < 4.78 is 0. The smallest absolute Gasteiger partial charge is 0.0975 e. The van der Waals surface area contributed by atoms with Crippen molar-refractivity contribution in [2.75, 3.05) is 7.05 Å². The second kappa shape index (κ2) is 5.85. The molecule has 0 saturated carbocycles. The Balaban J connectivity index is 2.24. The molecule has 102 valence electrons. The molecule has 0 aliphatic carbocycles. The molecule has 19 heavy (non-hydrogen) atoms. The van der Waals surface area contributed by atoms with Crippen LogP contribution in [0.3, 0.4) is 0 Å². The predicted octanol–water partition coefficient (Wildman–Crippen LogP) is 3.94. The van der Waals surface area contributed by atoms with Crippen LogP contribution in [0.25, 0.3) is 0 Å². The average Bonchev–Trinajstić information content (AvgIpc) is 2.68. The number of hydrogen-bond donors (Lipinski definition) is 1. The molecular formula is C16H22N2S. The molecular weight excluding hydrogens is 252 g/mol. The summed E-state index contributed by atoms with van der Waals surface area (Å²) in [5, 5.41) is 4.50. The van der Waals surface area contributed by atoms with Crippen molar-refractivity contribution >= 4 is 11.3 Å². The van der Waals surface area contributed by atoms with E-state index in [9.17, 15) is 0 Å². The maximum Gasteiger partial charge on any atom is 0.0975 e. The van der Waals surface area contributed by atoms with E-state index in [4.69, 9.17) is 4.98 Å². The third-order valence-electron chi connectivity index (χ3n) is 3.34. The van der Waals surface area contributed by atoms with Crippen LogP contribution in [-0.2, 0) is 6.42 Å². The van der Waals surface area contributed by atoms with Gasteiger partial charge < -0.3 is 5.32 Å². The molecule has 0 fully saturated rings. The highest BCUT2D eigenvalue weighted by Crippen LogP contribution is 2.26. The Kier molecular flexibility index (Phi) is 4.38. The van der Waals surface area contributed by atoms with Crippen LogP contribution in [-0.4, -0.2) is 12.0 Å². The number of aryl methyl sites for hydroxylation is 3. The molecule has 0 aliphatic heterocycles. The van der Waals surface area contributed by atoms with Crippen LogP contribution in [0.15, 0.2) is 18.2 Å². The standard InChI is InChI=1S/C16H22N2S/c1-10-6-11(2)8-14(7-10)9-15-18-13(4)16(19-15)12(3)17-5/h6-8,12,17H,9H2,1-5H3. The predicted molar refractivity (Wildman–Crippen MR) is 83.0 cm³/mol. The fourth-order valence-corrected chi connectivity index (χ4v) is 3.58. The van der Waals surface area contributed by atoms with Gasteiger partial charge in [0, 0.05) is 17.3 Å². The van der Waals surface area contributed by atoms with E-state index < -0.39 is 0 Å². The van der Waals surface area contributed by atoms with Gasteiger partial charge in [0.25, 0.3) is 0 Å². The number of nitrogens with zero attached hydrogens (tertiary/aromatic N) is 1. The lowest BCUT2D eigenvalue weighted by atomic mass is 10.1. The highest BCUT2D eigenvalue weighted by Gasteiger charge is 2.13. The van der Waals surface area contributed by atoms with Crippen molar-refractivity contribution in [2.24, 2.45) is 0 Å². The highest BCUT2D eigenvalue weighted by atomic mass is 32.1. The van der Waals surface area contributed by atoms with Crippen molar-refractivity contribution < 1.29 is 0 Å². The zero-order chi connectivity index (χ0) is 14.0. The highest BCUT2D eigenvalue weighted by molar-refractivity contribution is 7.11. The molecule has 0 amide bonds. The minimum absolute atomic E-state index is 0.380. The van der Waals surface area contributed by atoms with Crippen LogP contribution in [0, 0.1) is 20.8 Å². The summed E-state index contributed by atoms with van der Waals surface area (Å²) in [6, 6.07) is 7.10. The monoisotopic (exact) mass is 274 g/mol. The van der Waals surface area contributed by atoms with Gasteiger partial charge in [0.05, 0.1) is 10.7 Å². The van der Waals surface area contributed by atoms with Gasteiger partial charge in [0.1, 0.15) is 0 Å². The van der Waals surface area contributed by atoms with Gasteiger partial charge >= 0.3 is 0 Å². The van der Waals surface area contributed by atoms with E-state index in [1.807, 2.05) is 18.4 Å². The molecule has 3 heteroatoms. The van der Waals surface area contributed by atoms with Crippen LogP contribution in [0.4, 0.5) is 0 Å². The fourth-order valence-electron chi connectivity index (χ4n) is 2.42. The molecule has 0 saturated heterocycles. The molecule has 0 spiro atoms. The maximum absolute atomic E-state index is 4.71. The zero-order valence-corrected chi connectivity index (χ0v) is 13.2. The van der Waals surface area contributed by atoms with Gasteiger partial charge in [-0.05, 0) is 40.3 Å². The Hall–Kier alpha value is -1.19. The summed E-state index contributed by atoms with van der Waals surface area (Å²) in [5.41, 5.74) is 5.17. The maximum atomic E-state index is 4.71. The van der Waals surface area contributed by atoms with Crippen molar-refractivity contribution in [3.63, 3.8) is 0 Å². The Labute approximate surface area is 119 Å². The summed E-state index contributed by atoms with van der Waals surface area (Å²) in [6.45, 7) is 8.59. The Morgan fingerprint density at radius 2 is 1.79 bits per heavy atom. The van der Waals surface area contributed by atoms with Crippen LogP contribution in [0.1, 0.15) is 45.2 Å². The lowest BCUT2D eigenvalue weighted by Gasteiger charge is -2.07. The van der Waals surface area contributed by atoms with E-state index in [2.05, 4.69) is 51.2 Å². The van der Waals surface area contributed by atoms with Crippen LogP contribution in [0.2, 0.25) is 0 Å². The van der Waals surface area contributed by atoms with Crippen molar-refractivity contribution in [2.45, 2.75) is 40.2 Å². The number of rotatable bonds is 4. The molecule has 2 aromatic rings. The van der Waals surface area contributed by atoms with E-state index >= 15 is 0 Å². The van der Waals surface area contributed by atoms with Gasteiger partial charge in [0.2, 0.25) is 0 Å².